The molecule has 1 aromatic heterocycles. The van der Waals surface area contributed by atoms with E-state index in [9.17, 15) is 5.11 Å². The third-order valence-corrected chi connectivity index (χ3v) is 7.01. The summed E-state index contributed by atoms with van der Waals surface area (Å²) < 4.78 is 0. The third-order valence-electron chi connectivity index (χ3n) is 6.28. The van der Waals surface area contributed by atoms with Crippen LogP contribution in [0.5, 0.6) is 0 Å². The van der Waals surface area contributed by atoms with Gasteiger partial charge in [0.1, 0.15) is 5.01 Å². The minimum absolute atomic E-state index is 0.449. The fraction of sp³-hybridized carbons (Fsp3) is 0.179. The van der Waals surface area contributed by atoms with Crippen LogP contribution in [0.25, 0.3) is 6.08 Å². The second-order valence-electron chi connectivity index (χ2n) is 8.12. The lowest BCUT2D eigenvalue weighted by molar-refractivity contribution is 0.0872. The molecule has 1 aliphatic heterocycles. The normalized spacial score (nSPS) is 18.7. The molecule has 1 atom stereocenters. The van der Waals surface area contributed by atoms with Crippen LogP contribution in [0.1, 0.15) is 28.1 Å². The van der Waals surface area contributed by atoms with E-state index in [4.69, 9.17) is 0 Å². The summed E-state index contributed by atoms with van der Waals surface area (Å²) in [7, 11) is 0. The Morgan fingerprint density at radius 2 is 1.38 bits per heavy atom. The first-order valence-corrected chi connectivity index (χ1v) is 11.9. The van der Waals surface area contributed by atoms with Crippen molar-refractivity contribution in [3.8, 4) is 0 Å². The van der Waals surface area contributed by atoms with Crippen LogP contribution >= 0.6 is 11.3 Å². The third kappa shape index (κ3) is 3.82. The van der Waals surface area contributed by atoms with Crippen LogP contribution in [0, 0.1) is 0 Å². The van der Waals surface area contributed by atoms with Crippen molar-refractivity contribution in [2.24, 2.45) is 0 Å². The topological polar surface area (TPSA) is 36.4 Å². The van der Waals surface area contributed by atoms with Crippen LogP contribution in [0.2, 0.25) is 0 Å². The first kappa shape index (κ1) is 20.8. The molecule has 4 heteroatoms. The Kier molecular flexibility index (Phi) is 5.99. The highest BCUT2D eigenvalue weighted by Crippen LogP contribution is 2.44. The van der Waals surface area contributed by atoms with Crippen molar-refractivity contribution in [1.82, 2.24) is 9.88 Å². The summed E-state index contributed by atoms with van der Waals surface area (Å²) in [4.78, 5) is 6.93. The van der Waals surface area contributed by atoms with E-state index in [1.165, 1.54) is 16.7 Å². The maximum atomic E-state index is 10.8. The van der Waals surface area contributed by atoms with Crippen LogP contribution in [-0.4, -0.2) is 34.2 Å². The number of thiazole rings is 1. The highest BCUT2D eigenvalue weighted by Gasteiger charge is 2.44. The summed E-state index contributed by atoms with van der Waals surface area (Å²) in [5, 5.41) is 13.8. The molecular weight excluding hydrogens is 412 g/mol. The maximum absolute atomic E-state index is 10.8. The largest absolute Gasteiger partial charge is 0.389 e. The second-order valence-corrected chi connectivity index (χ2v) is 9.05. The fourth-order valence-corrected chi connectivity index (χ4v) is 5.45. The Morgan fingerprint density at radius 1 is 0.844 bits per heavy atom. The molecule has 0 radical (unpaired) electrons. The van der Waals surface area contributed by atoms with Crippen molar-refractivity contribution in [2.75, 3.05) is 13.1 Å². The molecule has 1 unspecified atom stereocenters. The number of likely N-dealkylation sites (tertiary alicyclic amines) is 1. The molecule has 4 aromatic rings. The molecule has 0 saturated carbocycles. The smallest absolute Gasteiger partial charge is 0.116 e. The zero-order valence-corrected chi connectivity index (χ0v) is 18.7. The van der Waals surface area contributed by atoms with Crippen LogP contribution in [0.3, 0.4) is 0 Å². The van der Waals surface area contributed by atoms with Crippen molar-refractivity contribution in [3.05, 3.63) is 130 Å². The lowest BCUT2D eigenvalue weighted by atomic mass is 9.74. The summed E-state index contributed by atoms with van der Waals surface area (Å²) in [6.45, 7) is 1.45. The SMILES string of the molecule is OC1CCN(C(c2ccccc2)(c2ccccc2)c2ccccc2)C/C1=C\c1nccs1. The van der Waals surface area contributed by atoms with Crippen LogP contribution in [0.15, 0.2) is 108 Å². The second kappa shape index (κ2) is 9.21. The van der Waals surface area contributed by atoms with Gasteiger partial charge in [0.2, 0.25) is 0 Å². The Morgan fingerprint density at radius 3 is 1.84 bits per heavy atom. The molecule has 1 N–H and O–H groups in total. The molecule has 0 bridgehead atoms. The average Bonchev–Trinajstić information content (AvgIpc) is 3.37. The first-order valence-electron chi connectivity index (χ1n) is 11.0. The van der Waals surface area contributed by atoms with Gasteiger partial charge in [0.25, 0.3) is 0 Å². The quantitative estimate of drug-likeness (QED) is 0.413. The maximum Gasteiger partial charge on any atom is 0.116 e. The van der Waals surface area contributed by atoms with Crippen molar-refractivity contribution < 1.29 is 5.11 Å². The highest BCUT2D eigenvalue weighted by molar-refractivity contribution is 7.10. The Bertz CT molecular complexity index is 1060. The molecule has 3 aromatic carbocycles. The van der Waals surface area contributed by atoms with Gasteiger partial charge in [-0.3, -0.25) is 4.90 Å². The van der Waals surface area contributed by atoms with Crippen molar-refractivity contribution in [2.45, 2.75) is 18.1 Å². The van der Waals surface area contributed by atoms with E-state index in [1.807, 2.05) is 11.6 Å². The van der Waals surface area contributed by atoms with Crippen LogP contribution in [-0.2, 0) is 5.54 Å². The predicted molar refractivity (Wildman–Crippen MR) is 131 cm³/mol. The molecule has 5 rings (SSSR count). The minimum atomic E-state index is -0.466. The molecule has 0 amide bonds. The fourth-order valence-electron chi connectivity index (χ4n) is 4.85. The monoisotopic (exact) mass is 438 g/mol. The number of aromatic nitrogens is 1. The number of hydrogen-bond donors (Lipinski definition) is 1. The Hall–Kier alpha value is -3.05. The summed E-state index contributed by atoms with van der Waals surface area (Å²) in [5.74, 6) is 0. The van der Waals surface area contributed by atoms with Gasteiger partial charge in [-0.25, -0.2) is 4.98 Å². The standard InChI is InChI=1S/C28H26N2OS/c31-26-16-18-30(21-22(26)20-27-29-17-19-32-27)28(23-10-4-1-5-11-23,24-12-6-2-7-13-24)25-14-8-3-9-15-25/h1-15,17,19-20,26,31H,16,18,21H2/b22-20+. The molecule has 32 heavy (non-hydrogen) atoms. The zero-order chi connectivity index (χ0) is 21.8. The predicted octanol–water partition coefficient (Wildman–Crippen LogP) is 5.59. The molecule has 2 heterocycles. The molecule has 1 fully saturated rings. The molecule has 1 saturated heterocycles. The average molecular weight is 439 g/mol. The van der Waals surface area contributed by atoms with Gasteiger partial charge >= 0.3 is 0 Å². The van der Waals surface area contributed by atoms with Crippen LogP contribution in [0.4, 0.5) is 0 Å². The Labute approximate surface area is 193 Å². The Balaban J connectivity index is 1.71. The van der Waals surface area contributed by atoms with Gasteiger partial charge in [-0.05, 0) is 34.8 Å². The molecule has 160 valence electrons. The number of hydrogen-bond acceptors (Lipinski definition) is 4. The number of piperidine rings is 1. The van der Waals surface area contributed by atoms with Gasteiger partial charge in [-0.1, -0.05) is 91.0 Å². The summed E-state index contributed by atoms with van der Waals surface area (Å²) in [6.07, 6.45) is 4.11. The van der Waals surface area contributed by atoms with E-state index in [2.05, 4.69) is 107 Å². The molecule has 0 spiro atoms. The van der Waals surface area contributed by atoms with E-state index in [0.717, 1.165) is 17.1 Å². The number of rotatable bonds is 5. The van der Waals surface area contributed by atoms with Gasteiger partial charge in [0.05, 0.1) is 11.6 Å². The highest BCUT2D eigenvalue weighted by atomic mass is 32.1. The van der Waals surface area contributed by atoms with Gasteiger partial charge in [0, 0.05) is 24.7 Å². The van der Waals surface area contributed by atoms with Gasteiger partial charge < -0.3 is 5.11 Å². The van der Waals surface area contributed by atoms with E-state index in [-0.39, 0.29) is 0 Å². The molecule has 3 nitrogen and oxygen atoms in total. The molecule has 1 aliphatic rings. The first-order chi connectivity index (χ1) is 15.8. The zero-order valence-electron chi connectivity index (χ0n) is 17.8. The van der Waals surface area contributed by atoms with Crippen molar-refractivity contribution in [3.63, 3.8) is 0 Å². The van der Waals surface area contributed by atoms with E-state index < -0.39 is 11.6 Å². The number of nitrogens with zero attached hydrogens (tertiary/aromatic N) is 2. The minimum Gasteiger partial charge on any atom is -0.389 e. The number of aliphatic hydroxyl groups excluding tert-OH is 1. The molecule has 0 aliphatic carbocycles. The summed E-state index contributed by atoms with van der Waals surface area (Å²) in [5.41, 5.74) is 4.22. The van der Waals surface area contributed by atoms with Crippen molar-refractivity contribution in [1.29, 1.82) is 0 Å². The van der Waals surface area contributed by atoms with Gasteiger partial charge in [-0.15, -0.1) is 11.3 Å². The summed E-state index contributed by atoms with van der Waals surface area (Å²) in [6, 6.07) is 32.2. The van der Waals surface area contributed by atoms with E-state index in [1.54, 1.807) is 11.3 Å². The van der Waals surface area contributed by atoms with E-state index >= 15 is 0 Å². The summed E-state index contributed by atoms with van der Waals surface area (Å²) >= 11 is 1.60. The van der Waals surface area contributed by atoms with Crippen LogP contribution < -0.4 is 0 Å². The molecular formula is C28H26N2OS. The lowest BCUT2D eigenvalue weighted by Gasteiger charge is -2.48. The lowest BCUT2D eigenvalue weighted by Crippen LogP contribution is -2.52. The number of benzene rings is 3. The van der Waals surface area contributed by atoms with Gasteiger partial charge in [-0.2, -0.15) is 0 Å². The van der Waals surface area contributed by atoms with Gasteiger partial charge in [0.15, 0.2) is 0 Å². The number of aliphatic hydroxyl groups is 1. The van der Waals surface area contributed by atoms with E-state index in [0.29, 0.717) is 13.0 Å². The van der Waals surface area contributed by atoms with Crippen molar-refractivity contribution >= 4 is 17.4 Å².